The molecule has 0 saturated carbocycles. The van der Waals surface area contributed by atoms with Crippen LogP contribution in [0.3, 0.4) is 0 Å². The molecule has 6 nitrogen and oxygen atoms in total. The van der Waals surface area contributed by atoms with Gasteiger partial charge in [-0.15, -0.1) is 0 Å². The van der Waals surface area contributed by atoms with Crippen molar-refractivity contribution in [1.29, 1.82) is 0 Å². The van der Waals surface area contributed by atoms with E-state index in [0.717, 1.165) is 23.2 Å². The third-order valence-corrected chi connectivity index (χ3v) is 5.40. The molecule has 0 atom stereocenters. The van der Waals surface area contributed by atoms with Gasteiger partial charge in [-0.1, -0.05) is 37.3 Å². The van der Waals surface area contributed by atoms with E-state index in [1.165, 1.54) is 17.0 Å². The van der Waals surface area contributed by atoms with Crippen LogP contribution in [0, 0.1) is 5.82 Å². The van der Waals surface area contributed by atoms with Crippen molar-refractivity contribution in [2.75, 3.05) is 11.9 Å². The average Bonchev–Trinajstić information content (AvgIpc) is 3.31. The van der Waals surface area contributed by atoms with Crippen LogP contribution in [-0.2, 0) is 24.3 Å². The van der Waals surface area contributed by atoms with Crippen molar-refractivity contribution in [3.63, 3.8) is 0 Å². The lowest BCUT2D eigenvalue weighted by Crippen LogP contribution is -2.47. The van der Waals surface area contributed by atoms with Gasteiger partial charge in [0.25, 0.3) is 0 Å². The van der Waals surface area contributed by atoms with E-state index >= 15 is 0 Å². The number of nitrogens with zero attached hydrogens (tertiary/aromatic N) is 2. The van der Waals surface area contributed by atoms with Crippen molar-refractivity contribution in [2.45, 2.75) is 46.3 Å². The van der Waals surface area contributed by atoms with Crippen molar-refractivity contribution < 1.29 is 18.4 Å². The van der Waals surface area contributed by atoms with Crippen LogP contribution < -0.4 is 5.32 Å². The normalized spacial score (nSPS) is 10.8. The van der Waals surface area contributed by atoms with Gasteiger partial charge in [0.05, 0.1) is 12.8 Å². The topological polar surface area (TPSA) is 65.8 Å². The molecule has 0 aliphatic carbocycles. The zero-order valence-corrected chi connectivity index (χ0v) is 19.3. The molecule has 0 unspecified atom stereocenters. The fourth-order valence-corrected chi connectivity index (χ4v) is 3.51. The van der Waals surface area contributed by atoms with E-state index in [1.807, 2.05) is 45.0 Å². The van der Waals surface area contributed by atoms with Crippen molar-refractivity contribution in [3.8, 4) is 0 Å². The third kappa shape index (κ3) is 6.68. The predicted octanol–water partition coefficient (Wildman–Crippen LogP) is 5.45. The Balaban J connectivity index is 1.76. The number of hydrogen-bond acceptors (Lipinski definition) is 3. The summed E-state index contributed by atoms with van der Waals surface area (Å²) in [4.78, 5) is 29.5. The molecule has 0 aliphatic rings. The molecule has 174 valence electrons. The van der Waals surface area contributed by atoms with E-state index in [2.05, 4.69) is 5.32 Å². The zero-order chi connectivity index (χ0) is 23.8. The minimum atomic E-state index is -0.335. The first kappa shape index (κ1) is 24.0. The number of halogens is 1. The molecule has 0 bridgehead atoms. The maximum absolute atomic E-state index is 13.3. The van der Waals surface area contributed by atoms with E-state index in [9.17, 15) is 14.0 Å². The van der Waals surface area contributed by atoms with Crippen molar-refractivity contribution in [3.05, 3.63) is 89.6 Å². The lowest BCUT2D eigenvalue weighted by molar-refractivity contribution is -0.133. The number of hydrogen-bond donors (Lipinski definition) is 1. The number of urea groups is 1. The van der Waals surface area contributed by atoms with Gasteiger partial charge in [0, 0.05) is 18.3 Å². The third-order valence-electron chi connectivity index (χ3n) is 5.40. The number of carbonyl (C=O) groups excluding carboxylic acids is 2. The number of aryl methyl sites for hydroxylation is 1. The highest BCUT2D eigenvalue weighted by Crippen LogP contribution is 2.18. The van der Waals surface area contributed by atoms with Gasteiger partial charge < -0.3 is 19.5 Å². The fraction of sp³-hybridized carbons (Fsp3) is 0.308. The summed E-state index contributed by atoms with van der Waals surface area (Å²) in [6.45, 7) is 6.18. The maximum Gasteiger partial charge on any atom is 0.322 e. The molecule has 33 heavy (non-hydrogen) atoms. The summed E-state index contributed by atoms with van der Waals surface area (Å²) < 4.78 is 18.8. The number of furan rings is 1. The van der Waals surface area contributed by atoms with Gasteiger partial charge in [-0.2, -0.15) is 0 Å². The summed E-state index contributed by atoms with van der Waals surface area (Å²) in [6.07, 6.45) is 2.33. The zero-order valence-electron chi connectivity index (χ0n) is 19.3. The first-order chi connectivity index (χ1) is 15.9. The Labute approximate surface area is 194 Å². The van der Waals surface area contributed by atoms with E-state index < -0.39 is 0 Å². The lowest BCUT2D eigenvalue weighted by Gasteiger charge is -2.30. The van der Waals surface area contributed by atoms with Crippen molar-refractivity contribution >= 4 is 17.6 Å². The molecule has 0 aliphatic heterocycles. The second-order valence-corrected chi connectivity index (χ2v) is 8.12. The van der Waals surface area contributed by atoms with Gasteiger partial charge in [0.2, 0.25) is 5.91 Å². The molecule has 1 N–H and O–H groups in total. The number of amides is 3. The van der Waals surface area contributed by atoms with Gasteiger partial charge >= 0.3 is 6.03 Å². The monoisotopic (exact) mass is 451 g/mol. The maximum atomic E-state index is 13.3. The van der Waals surface area contributed by atoms with Gasteiger partial charge in [-0.3, -0.25) is 4.79 Å². The van der Waals surface area contributed by atoms with E-state index in [-0.39, 0.29) is 43.4 Å². The molecule has 0 saturated heterocycles. The molecular weight excluding hydrogens is 421 g/mol. The van der Waals surface area contributed by atoms with E-state index in [4.69, 9.17) is 4.42 Å². The Morgan fingerprint density at radius 1 is 1.00 bits per heavy atom. The van der Waals surface area contributed by atoms with E-state index in [1.54, 1.807) is 35.4 Å². The lowest BCUT2D eigenvalue weighted by atomic mass is 10.1. The largest absolute Gasteiger partial charge is 0.467 e. The van der Waals surface area contributed by atoms with Crippen LogP contribution in [0.15, 0.2) is 71.3 Å². The van der Waals surface area contributed by atoms with Crippen LogP contribution in [-0.4, -0.2) is 34.3 Å². The van der Waals surface area contributed by atoms with Gasteiger partial charge in [0.15, 0.2) is 0 Å². The molecule has 3 aromatic rings. The van der Waals surface area contributed by atoms with Crippen molar-refractivity contribution in [1.82, 2.24) is 9.80 Å². The molecule has 3 rings (SSSR count). The quantitative estimate of drug-likeness (QED) is 0.470. The summed E-state index contributed by atoms with van der Waals surface area (Å²) in [7, 11) is 0. The van der Waals surface area contributed by atoms with Gasteiger partial charge in [-0.05, 0) is 61.7 Å². The molecular formula is C26H30FN3O3. The highest BCUT2D eigenvalue weighted by Gasteiger charge is 2.25. The molecule has 7 heteroatoms. The van der Waals surface area contributed by atoms with Crippen molar-refractivity contribution in [2.24, 2.45) is 0 Å². The van der Waals surface area contributed by atoms with Gasteiger partial charge in [-0.25, -0.2) is 9.18 Å². The first-order valence-corrected chi connectivity index (χ1v) is 11.1. The Hall–Kier alpha value is -3.61. The fourth-order valence-electron chi connectivity index (χ4n) is 3.51. The minimum Gasteiger partial charge on any atom is -0.467 e. The van der Waals surface area contributed by atoms with Crippen LogP contribution in [0.4, 0.5) is 14.9 Å². The smallest absolute Gasteiger partial charge is 0.322 e. The average molecular weight is 452 g/mol. The summed E-state index contributed by atoms with van der Waals surface area (Å²) in [5.41, 5.74) is 2.55. The molecule has 0 fully saturated rings. The van der Waals surface area contributed by atoms with Gasteiger partial charge in [0.1, 0.15) is 18.1 Å². The summed E-state index contributed by atoms with van der Waals surface area (Å²) in [6, 6.07) is 16.7. The molecule has 1 aromatic heterocycles. The van der Waals surface area contributed by atoms with Crippen LogP contribution >= 0.6 is 0 Å². The highest BCUT2D eigenvalue weighted by atomic mass is 19.1. The second-order valence-electron chi connectivity index (χ2n) is 8.12. The van der Waals surface area contributed by atoms with Crippen LogP contribution in [0.1, 0.15) is 37.7 Å². The molecule has 3 amide bonds. The Bertz CT molecular complexity index is 1050. The SMILES string of the molecule is CCc1ccccc1NC(=O)N(CC(=O)N(Cc1ccc(F)cc1)Cc1ccco1)C(C)C. The summed E-state index contributed by atoms with van der Waals surface area (Å²) >= 11 is 0. The number of carbonyl (C=O) groups is 2. The number of benzene rings is 2. The van der Waals surface area contributed by atoms with Crippen LogP contribution in [0.2, 0.25) is 0 Å². The highest BCUT2D eigenvalue weighted by molar-refractivity contribution is 5.93. The van der Waals surface area contributed by atoms with Crippen LogP contribution in [0.25, 0.3) is 0 Å². The van der Waals surface area contributed by atoms with E-state index in [0.29, 0.717) is 5.76 Å². The standard InChI is InChI=1S/C26H30FN3O3/c1-4-21-8-5-6-10-24(21)28-26(32)30(19(2)3)18-25(31)29(17-23-9-7-15-33-23)16-20-11-13-22(27)14-12-20/h5-15,19H,4,16-18H2,1-3H3,(H,28,32). The molecule has 2 aromatic carbocycles. The minimum absolute atomic E-state index is 0.0975. The number of para-hydroxylation sites is 1. The second kappa shape index (κ2) is 11.3. The Morgan fingerprint density at radius 3 is 2.36 bits per heavy atom. The Kier molecular flexibility index (Phi) is 8.24. The summed E-state index contributed by atoms with van der Waals surface area (Å²) in [5, 5.41) is 2.94. The van der Waals surface area contributed by atoms with Crippen LogP contribution in [0.5, 0.6) is 0 Å². The molecule has 1 heterocycles. The molecule has 0 spiro atoms. The number of nitrogens with one attached hydrogen (secondary N) is 1. The first-order valence-electron chi connectivity index (χ1n) is 11.1. The summed E-state index contributed by atoms with van der Waals surface area (Å²) in [5.74, 6) is 0.0592. The number of anilines is 1. The Morgan fingerprint density at radius 2 is 1.73 bits per heavy atom. The molecule has 0 radical (unpaired) electrons. The number of rotatable bonds is 9. The predicted molar refractivity (Wildman–Crippen MR) is 126 cm³/mol.